The van der Waals surface area contributed by atoms with E-state index in [0.29, 0.717) is 0 Å². The third-order valence-electron chi connectivity index (χ3n) is 1.62. The zero-order valence-corrected chi connectivity index (χ0v) is 12.0. The topological polar surface area (TPSA) is 20.2 Å². The fourth-order valence-corrected chi connectivity index (χ4v) is 4.36. The highest BCUT2D eigenvalue weighted by Crippen LogP contribution is 2.36. The first-order chi connectivity index (χ1) is 5.82. The summed E-state index contributed by atoms with van der Waals surface area (Å²) in [6, 6.07) is 3.83. The Bertz CT molecular complexity index is 305. The van der Waals surface area contributed by atoms with E-state index in [4.69, 9.17) is 0 Å². The molecule has 0 bridgehead atoms. The second-order valence-electron chi connectivity index (χ2n) is 3.30. The lowest BCUT2D eigenvalue weighted by Gasteiger charge is -2.21. The molecule has 0 radical (unpaired) electrons. The Hall–Kier alpha value is 0.620. The summed E-state index contributed by atoms with van der Waals surface area (Å²) >= 11 is 10.2. The van der Waals surface area contributed by atoms with E-state index < -0.39 is 5.60 Å². The first-order valence-electron chi connectivity index (χ1n) is 3.70. The van der Waals surface area contributed by atoms with Gasteiger partial charge >= 0.3 is 0 Å². The Balaban J connectivity index is 3.38. The van der Waals surface area contributed by atoms with E-state index in [1.54, 1.807) is 13.8 Å². The third-order valence-corrected chi connectivity index (χ3v) is 3.33. The molecular formula is C9H9Br3O. The molecule has 0 atom stereocenters. The Morgan fingerprint density at radius 3 is 1.77 bits per heavy atom. The normalized spacial score (nSPS) is 11.8. The van der Waals surface area contributed by atoms with Gasteiger partial charge in [-0.15, -0.1) is 0 Å². The molecule has 1 nitrogen and oxygen atoms in total. The van der Waals surface area contributed by atoms with Crippen molar-refractivity contribution in [2.24, 2.45) is 0 Å². The van der Waals surface area contributed by atoms with E-state index in [0.717, 1.165) is 19.0 Å². The van der Waals surface area contributed by atoms with Crippen LogP contribution in [0.3, 0.4) is 0 Å². The van der Waals surface area contributed by atoms with Crippen molar-refractivity contribution >= 4 is 47.8 Å². The molecule has 0 heterocycles. The average Bonchev–Trinajstić information content (AvgIpc) is 1.78. The summed E-state index contributed by atoms with van der Waals surface area (Å²) < 4.78 is 2.75. The molecule has 0 fully saturated rings. The number of aliphatic hydroxyl groups is 1. The van der Waals surface area contributed by atoms with E-state index in [2.05, 4.69) is 47.8 Å². The molecule has 4 heteroatoms. The highest BCUT2D eigenvalue weighted by Gasteiger charge is 2.22. The van der Waals surface area contributed by atoms with Crippen molar-refractivity contribution in [2.75, 3.05) is 0 Å². The van der Waals surface area contributed by atoms with Gasteiger partial charge in [-0.1, -0.05) is 47.8 Å². The van der Waals surface area contributed by atoms with Crippen LogP contribution in [0.25, 0.3) is 0 Å². The maximum atomic E-state index is 9.87. The summed E-state index contributed by atoms with van der Waals surface area (Å²) in [7, 11) is 0. The van der Waals surface area contributed by atoms with Crippen LogP contribution in [0.15, 0.2) is 25.6 Å². The molecule has 0 amide bonds. The van der Waals surface area contributed by atoms with Crippen LogP contribution in [-0.2, 0) is 5.60 Å². The van der Waals surface area contributed by atoms with Crippen molar-refractivity contribution < 1.29 is 5.11 Å². The van der Waals surface area contributed by atoms with E-state index >= 15 is 0 Å². The number of hydrogen-bond acceptors (Lipinski definition) is 1. The van der Waals surface area contributed by atoms with Gasteiger partial charge in [0.15, 0.2) is 0 Å². The number of benzene rings is 1. The summed E-state index contributed by atoms with van der Waals surface area (Å²) in [6.07, 6.45) is 0. The van der Waals surface area contributed by atoms with Gasteiger partial charge in [-0.3, -0.25) is 0 Å². The van der Waals surface area contributed by atoms with Crippen molar-refractivity contribution in [2.45, 2.75) is 19.4 Å². The third kappa shape index (κ3) is 2.78. The van der Waals surface area contributed by atoms with E-state index in [-0.39, 0.29) is 0 Å². The minimum atomic E-state index is -0.849. The van der Waals surface area contributed by atoms with Crippen molar-refractivity contribution in [3.63, 3.8) is 0 Å². The largest absolute Gasteiger partial charge is 0.386 e. The maximum Gasteiger partial charge on any atom is 0.0862 e. The van der Waals surface area contributed by atoms with Gasteiger partial charge in [0.05, 0.1) is 5.60 Å². The van der Waals surface area contributed by atoms with Crippen molar-refractivity contribution in [3.8, 4) is 0 Å². The van der Waals surface area contributed by atoms with Gasteiger partial charge in [-0.25, -0.2) is 0 Å². The van der Waals surface area contributed by atoms with Crippen LogP contribution in [0.5, 0.6) is 0 Å². The van der Waals surface area contributed by atoms with Crippen LogP contribution in [0.2, 0.25) is 0 Å². The summed E-state index contributed by atoms with van der Waals surface area (Å²) in [5.74, 6) is 0. The summed E-state index contributed by atoms with van der Waals surface area (Å²) in [6.45, 7) is 3.51. The van der Waals surface area contributed by atoms with Crippen LogP contribution in [0, 0.1) is 0 Å². The number of halogens is 3. The lowest BCUT2D eigenvalue weighted by atomic mass is 9.99. The number of hydrogen-bond donors (Lipinski definition) is 1. The van der Waals surface area contributed by atoms with Gasteiger partial charge in [-0.05, 0) is 26.0 Å². The highest BCUT2D eigenvalue weighted by atomic mass is 79.9. The molecule has 0 unspecified atom stereocenters. The minimum Gasteiger partial charge on any atom is -0.386 e. The van der Waals surface area contributed by atoms with Crippen molar-refractivity contribution in [1.29, 1.82) is 0 Å². The van der Waals surface area contributed by atoms with Crippen LogP contribution < -0.4 is 0 Å². The molecule has 0 spiro atoms. The van der Waals surface area contributed by atoms with Crippen LogP contribution in [0.4, 0.5) is 0 Å². The molecule has 0 aliphatic carbocycles. The van der Waals surface area contributed by atoms with E-state index in [1.807, 2.05) is 12.1 Å². The zero-order chi connectivity index (χ0) is 10.2. The Morgan fingerprint density at radius 2 is 1.46 bits per heavy atom. The van der Waals surface area contributed by atoms with Crippen molar-refractivity contribution in [3.05, 3.63) is 31.1 Å². The second-order valence-corrected chi connectivity index (χ2v) is 5.93. The standard InChI is InChI=1S/C9H9Br3O/c1-9(2,13)8-6(11)3-5(10)4-7(8)12/h3-4,13H,1-2H3. The molecule has 0 saturated carbocycles. The van der Waals surface area contributed by atoms with Gasteiger partial charge in [0.25, 0.3) is 0 Å². The van der Waals surface area contributed by atoms with Gasteiger partial charge in [-0.2, -0.15) is 0 Å². The molecular weight excluding hydrogens is 364 g/mol. The molecule has 1 rings (SSSR count). The molecule has 0 aliphatic rings. The fourth-order valence-electron chi connectivity index (χ4n) is 1.13. The predicted octanol–water partition coefficient (Wildman–Crippen LogP) is 4.20. The SMILES string of the molecule is CC(C)(O)c1c(Br)cc(Br)cc1Br. The summed E-state index contributed by atoms with van der Waals surface area (Å²) in [4.78, 5) is 0. The zero-order valence-electron chi connectivity index (χ0n) is 7.24. The first kappa shape index (κ1) is 11.7. The molecule has 0 aliphatic heterocycles. The van der Waals surface area contributed by atoms with E-state index in [1.165, 1.54) is 0 Å². The predicted molar refractivity (Wildman–Crippen MR) is 64.8 cm³/mol. The lowest BCUT2D eigenvalue weighted by Crippen LogP contribution is -2.17. The molecule has 0 saturated heterocycles. The second kappa shape index (κ2) is 4.01. The van der Waals surface area contributed by atoms with Crippen LogP contribution >= 0.6 is 47.8 Å². The van der Waals surface area contributed by atoms with Gasteiger partial charge in [0.1, 0.15) is 0 Å². The Morgan fingerprint density at radius 1 is 1.08 bits per heavy atom. The molecule has 72 valence electrons. The molecule has 1 N–H and O–H groups in total. The molecule has 1 aromatic rings. The molecule has 13 heavy (non-hydrogen) atoms. The smallest absolute Gasteiger partial charge is 0.0862 e. The van der Waals surface area contributed by atoms with E-state index in [9.17, 15) is 5.11 Å². The summed E-state index contributed by atoms with van der Waals surface area (Å²) in [5.41, 5.74) is 0.00829. The summed E-state index contributed by atoms with van der Waals surface area (Å²) in [5, 5.41) is 9.87. The monoisotopic (exact) mass is 370 g/mol. The van der Waals surface area contributed by atoms with Crippen LogP contribution in [-0.4, -0.2) is 5.11 Å². The molecule has 0 aromatic heterocycles. The molecule has 1 aromatic carbocycles. The average molecular weight is 373 g/mol. The maximum absolute atomic E-state index is 9.87. The van der Waals surface area contributed by atoms with Crippen molar-refractivity contribution in [1.82, 2.24) is 0 Å². The van der Waals surface area contributed by atoms with Gasteiger partial charge < -0.3 is 5.11 Å². The minimum absolute atomic E-state index is 0.849. The van der Waals surface area contributed by atoms with Gasteiger partial charge in [0, 0.05) is 19.0 Å². The Kier molecular flexibility index (Phi) is 3.60. The first-order valence-corrected chi connectivity index (χ1v) is 6.07. The fraction of sp³-hybridized carbons (Fsp3) is 0.333. The highest BCUT2D eigenvalue weighted by molar-refractivity contribution is 9.11. The quantitative estimate of drug-likeness (QED) is 0.783. The lowest BCUT2D eigenvalue weighted by molar-refractivity contribution is 0.0770. The number of rotatable bonds is 1. The van der Waals surface area contributed by atoms with Gasteiger partial charge in [0.2, 0.25) is 0 Å². The van der Waals surface area contributed by atoms with Crippen LogP contribution in [0.1, 0.15) is 19.4 Å². The Labute approximate surface area is 103 Å².